The monoisotopic (exact) mass is 347 g/mol. The van der Waals surface area contributed by atoms with Crippen LogP contribution < -0.4 is 20.5 Å². The largest absolute Gasteiger partial charge is 0.490 e. The number of nitrogens with one attached hydrogen (secondary N) is 1. The van der Waals surface area contributed by atoms with Gasteiger partial charge in [-0.05, 0) is 43.6 Å². The number of primary amides is 1. The molecule has 0 aromatic heterocycles. The number of nitrogens with two attached hydrogens (primary N) is 1. The average Bonchev–Trinajstić information content (AvgIpc) is 2.85. The van der Waals surface area contributed by atoms with Gasteiger partial charge in [0.05, 0.1) is 19.8 Å². The van der Waals surface area contributed by atoms with E-state index in [9.17, 15) is 9.59 Å². The van der Waals surface area contributed by atoms with Crippen LogP contribution in [0.2, 0.25) is 0 Å². The Balaban J connectivity index is 1.45. The number of benzene rings is 1. The first-order chi connectivity index (χ1) is 12.1. The lowest BCUT2D eigenvalue weighted by molar-refractivity contribution is -0.124. The predicted octanol–water partition coefficient (Wildman–Crippen LogP) is 0.661. The Morgan fingerprint density at radius 2 is 1.88 bits per heavy atom. The van der Waals surface area contributed by atoms with Gasteiger partial charge >= 0.3 is 0 Å². The van der Waals surface area contributed by atoms with Gasteiger partial charge < -0.3 is 20.5 Å². The Labute approximate surface area is 147 Å². The SMILES string of the molecule is NC(=O)C1CCN(CC(=O)NCc2ccc3c(c2)OCCCO3)CC1. The highest BCUT2D eigenvalue weighted by Crippen LogP contribution is 2.30. The molecule has 7 nitrogen and oxygen atoms in total. The Hall–Kier alpha value is -2.28. The van der Waals surface area contributed by atoms with E-state index in [1.807, 2.05) is 18.2 Å². The van der Waals surface area contributed by atoms with Gasteiger partial charge in [-0.1, -0.05) is 6.07 Å². The number of rotatable bonds is 5. The normalized spacial score (nSPS) is 18.4. The van der Waals surface area contributed by atoms with Crippen LogP contribution in [0.3, 0.4) is 0 Å². The van der Waals surface area contributed by atoms with E-state index >= 15 is 0 Å². The zero-order valence-corrected chi connectivity index (χ0v) is 14.3. The minimum absolute atomic E-state index is 0.0235. The first kappa shape index (κ1) is 17.5. The van der Waals surface area contributed by atoms with Crippen LogP contribution in [0.25, 0.3) is 0 Å². The van der Waals surface area contributed by atoms with Crippen molar-refractivity contribution in [2.75, 3.05) is 32.8 Å². The number of carbonyl (C=O) groups is 2. The van der Waals surface area contributed by atoms with Crippen molar-refractivity contribution in [2.45, 2.75) is 25.8 Å². The Morgan fingerprint density at radius 1 is 1.16 bits per heavy atom. The number of ether oxygens (including phenoxy) is 2. The third-order valence-corrected chi connectivity index (χ3v) is 4.66. The van der Waals surface area contributed by atoms with Gasteiger partial charge in [-0.3, -0.25) is 14.5 Å². The number of likely N-dealkylation sites (tertiary alicyclic amines) is 1. The summed E-state index contributed by atoms with van der Waals surface area (Å²) in [6.07, 6.45) is 2.32. The molecule has 25 heavy (non-hydrogen) atoms. The van der Waals surface area contributed by atoms with Gasteiger partial charge in [0.2, 0.25) is 11.8 Å². The van der Waals surface area contributed by atoms with Crippen molar-refractivity contribution < 1.29 is 19.1 Å². The summed E-state index contributed by atoms with van der Waals surface area (Å²) in [6.45, 7) is 3.55. The number of amides is 2. The van der Waals surface area contributed by atoms with Crippen molar-refractivity contribution in [3.05, 3.63) is 23.8 Å². The molecule has 3 N–H and O–H groups in total. The van der Waals surface area contributed by atoms with Crippen LogP contribution >= 0.6 is 0 Å². The Kier molecular flexibility index (Phi) is 5.75. The highest BCUT2D eigenvalue weighted by Gasteiger charge is 2.24. The third kappa shape index (κ3) is 4.85. The highest BCUT2D eigenvalue weighted by molar-refractivity contribution is 5.78. The summed E-state index contributed by atoms with van der Waals surface area (Å²) in [4.78, 5) is 25.4. The smallest absolute Gasteiger partial charge is 0.234 e. The molecule has 0 saturated carbocycles. The molecular weight excluding hydrogens is 322 g/mol. The standard InChI is InChI=1S/C18H25N3O4/c19-18(23)14-4-6-21(7-5-14)12-17(22)20-11-13-2-3-15-16(10-13)25-9-1-8-24-15/h2-3,10,14H,1,4-9,11-12H2,(H2,19,23)(H,20,22). The van der Waals surface area contributed by atoms with E-state index in [1.165, 1.54) is 0 Å². The molecule has 1 aromatic rings. The average molecular weight is 347 g/mol. The van der Waals surface area contributed by atoms with Crippen molar-refractivity contribution in [3.8, 4) is 11.5 Å². The van der Waals surface area contributed by atoms with E-state index in [0.717, 1.165) is 49.4 Å². The molecule has 2 aliphatic rings. The second-order valence-corrected chi connectivity index (χ2v) is 6.56. The molecule has 2 heterocycles. The van der Waals surface area contributed by atoms with Crippen LogP contribution in [0.1, 0.15) is 24.8 Å². The maximum absolute atomic E-state index is 12.1. The Morgan fingerprint density at radius 3 is 2.60 bits per heavy atom. The highest BCUT2D eigenvalue weighted by atomic mass is 16.5. The zero-order valence-electron chi connectivity index (χ0n) is 14.3. The zero-order chi connectivity index (χ0) is 17.6. The van der Waals surface area contributed by atoms with E-state index in [0.29, 0.717) is 26.3 Å². The van der Waals surface area contributed by atoms with Crippen molar-refractivity contribution in [3.63, 3.8) is 0 Å². The quantitative estimate of drug-likeness (QED) is 0.816. The number of piperidine rings is 1. The first-order valence-corrected chi connectivity index (χ1v) is 8.79. The molecule has 0 atom stereocenters. The number of fused-ring (bicyclic) bond motifs is 1. The molecule has 136 valence electrons. The second-order valence-electron chi connectivity index (χ2n) is 6.56. The summed E-state index contributed by atoms with van der Waals surface area (Å²) in [5.74, 6) is 1.17. The van der Waals surface area contributed by atoms with Gasteiger partial charge in [-0.15, -0.1) is 0 Å². The topological polar surface area (TPSA) is 93.9 Å². The number of carbonyl (C=O) groups excluding carboxylic acids is 2. The molecule has 2 aliphatic heterocycles. The van der Waals surface area contributed by atoms with E-state index < -0.39 is 0 Å². The van der Waals surface area contributed by atoms with Gasteiger partial charge in [0.15, 0.2) is 11.5 Å². The van der Waals surface area contributed by atoms with E-state index in [2.05, 4.69) is 10.2 Å². The summed E-state index contributed by atoms with van der Waals surface area (Å²) in [5, 5.41) is 2.93. The minimum Gasteiger partial charge on any atom is -0.490 e. The molecule has 7 heteroatoms. The molecule has 3 rings (SSSR count). The maximum Gasteiger partial charge on any atom is 0.234 e. The van der Waals surface area contributed by atoms with Gasteiger partial charge in [0, 0.05) is 18.9 Å². The molecular formula is C18H25N3O4. The van der Waals surface area contributed by atoms with E-state index in [4.69, 9.17) is 15.2 Å². The summed E-state index contributed by atoms with van der Waals surface area (Å²) >= 11 is 0. The molecule has 0 spiro atoms. The number of nitrogens with zero attached hydrogens (tertiary/aromatic N) is 1. The van der Waals surface area contributed by atoms with Crippen molar-refractivity contribution in [2.24, 2.45) is 11.7 Å². The summed E-state index contributed by atoms with van der Waals surface area (Å²) < 4.78 is 11.3. The summed E-state index contributed by atoms with van der Waals surface area (Å²) in [7, 11) is 0. The van der Waals surface area contributed by atoms with Crippen molar-refractivity contribution >= 4 is 11.8 Å². The molecule has 1 aromatic carbocycles. The first-order valence-electron chi connectivity index (χ1n) is 8.79. The molecule has 1 fully saturated rings. The molecule has 0 aliphatic carbocycles. The molecule has 0 unspecified atom stereocenters. The van der Waals surface area contributed by atoms with Crippen LogP contribution in [0.15, 0.2) is 18.2 Å². The van der Waals surface area contributed by atoms with Crippen molar-refractivity contribution in [1.29, 1.82) is 0 Å². The molecule has 0 radical (unpaired) electrons. The van der Waals surface area contributed by atoms with Gasteiger partial charge in [0.25, 0.3) is 0 Å². The lowest BCUT2D eigenvalue weighted by atomic mass is 9.96. The maximum atomic E-state index is 12.1. The summed E-state index contributed by atoms with van der Waals surface area (Å²) in [6, 6.07) is 5.74. The van der Waals surface area contributed by atoms with Gasteiger partial charge in [0.1, 0.15) is 0 Å². The van der Waals surface area contributed by atoms with Crippen LogP contribution in [0.5, 0.6) is 11.5 Å². The predicted molar refractivity (Wildman–Crippen MR) is 92.3 cm³/mol. The van der Waals surface area contributed by atoms with Crippen LogP contribution in [0, 0.1) is 5.92 Å². The summed E-state index contributed by atoms with van der Waals surface area (Å²) in [5.41, 5.74) is 6.31. The number of hydrogen-bond donors (Lipinski definition) is 2. The minimum atomic E-state index is -0.237. The Bertz CT molecular complexity index is 627. The fourth-order valence-corrected chi connectivity index (χ4v) is 3.15. The van der Waals surface area contributed by atoms with Crippen LogP contribution in [0.4, 0.5) is 0 Å². The van der Waals surface area contributed by atoms with Gasteiger partial charge in [-0.2, -0.15) is 0 Å². The van der Waals surface area contributed by atoms with Crippen LogP contribution in [-0.2, 0) is 16.1 Å². The van der Waals surface area contributed by atoms with E-state index in [1.54, 1.807) is 0 Å². The van der Waals surface area contributed by atoms with Crippen molar-refractivity contribution in [1.82, 2.24) is 10.2 Å². The molecule has 1 saturated heterocycles. The lowest BCUT2D eigenvalue weighted by Crippen LogP contribution is -2.43. The lowest BCUT2D eigenvalue weighted by Gasteiger charge is -2.29. The van der Waals surface area contributed by atoms with Crippen LogP contribution in [-0.4, -0.2) is 49.6 Å². The molecule has 2 amide bonds. The number of hydrogen-bond acceptors (Lipinski definition) is 5. The van der Waals surface area contributed by atoms with E-state index in [-0.39, 0.29) is 17.7 Å². The van der Waals surface area contributed by atoms with Gasteiger partial charge in [-0.25, -0.2) is 0 Å². The fraction of sp³-hybridized carbons (Fsp3) is 0.556. The fourth-order valence-electron chi connectivity index (χ4n) is 3.15. The molecule has 0 bridgehead atoms. The third-order valence-electron chi connectivity index (χ3n) is 4.66. The second kappa shape index (κ2) is 8.20.